The minimum absolute atomic E-state index is 0.0730. The van der Waals surface area contributed by atoms with Crippen molar-refractivity contribution in [3.8, 4) is 0 Å². The van der Waals surface area contributed by atoms with E-state index in [2.05, 4.69) is 0 Å². The summed E-state index contributed by atoms with van der Waals surface area (Å²) in [5.74, 6) is 0. The molecule has 0 aliphatic carbocycles. The molecule has 0 spiro atoms. The van der Waals surface area contributed by atoms with Crippen LogP contribution in [0.1, 0.15) is 0 Å². The van der Waals surface area contributed by atoms with Crippen LogP contribution in [0.2, 0.25) is 0 Å². The lowest BCUT2D eigenvalue weighted by molar-refractivity contribution is 0.483. The molecule has 0 atom stereocenters. The van der Waals surface area contributed by atoms with Gasteiger partial charge in [-0.25, -0.2) is 0 Å². The second-order valence-corrected chi connectivity index (χ2v) is 4.61. The van der Waals surface area contributed by atoms with E-state index in [1.54, 1.807) is 12.3 Å². The van der Waals surface area contributed by atoms with Crippen LogP contribution in [0.4, 0.5) is 0 Å². The van der Waals surface area contributed by atoms with Crippen LogP contribution < -0.4 is 0 Å². The molecule has 0 amide bonds. The molecule has 1 aromatic heterocycles. The Balaban J connectivity index is 2.74. The Morgan fingerprint density at radius 1 is 1.21 bits per heavy atom. The van der Waals surface area contributed by atoms with E-state index in [1.807, 2.05) is 17.8 Å². The van der Waals surface area contributed by atoms with Gasteiger partial charge in [0, 0.05) is 24.8 Å². The molecule has 0 bridgehead atoms. The minimum atomic E-state index is -4.09. The van der Waals surface area contributed by atoms with E-state index < -0.39 is 10.1 Å². The molecule has 2 rings (SSSR count). The fourth-order valence-corrected chi connectivity index (χ4v) is 1.93. The fraction of sp³-hybridized carbons (Fsp3) is 0.111. The molecular formula is C9H9NO3S. The van der Waals surface area contributed by atoms with Crippen LogP contribution in [0.5, 0.6) is 0 Å². The van der Waals surface area contributed by atoms with E-state index in [4.69, 9.17) is 4.55 Å². The zero-order chi connectivity index (χ0) is 10.3. The number of aryl methyl sites for hydroxylation is 1. The first-order valence-corrected chi connectivity index (χ1v) is 5.44. The molecule has 0 aliphatic rings. The van der Waals surface area contributed by atoms with Crippen LogP contribution >= 0.6 is 0 Å². The van der Waals surface area contributed by atoms with Crippen molar-refractivity contribution >= 4 is 20.9 Å². The number of rotatable bonds is 1. The van der Waals surface area contributed by atoms with Crippen LogP contribution in [0.3, 0.4) is 0 Å². The van der Waals surface area contributed by atoms with E-state index >= 15 is 0 Å². The monoisotopic (exact) mass is 211 g/mol. The quantitative estimate of drug-likeness (QED) is 0.726. The van der Waals surface area contributed by atoms with Gasteiger partial charge < -0.3 is 4.57 Å². The van der Waals surface area contributed by atoms with Crippen LogP contribution in [0, 0.1) is 0 Å². The Bertz CT molecular complexity index is 583. The molecule has 5 heteroatoms. The Labute approximate surface area is 81.5 Å². The number of nitrogens with zero attached hydrogens (tertiary/aromatic N) is 1. The largest absolute Gasteiger partial charge is 0.356 e. The van der Waals surface area contributed by atoms with Gasteiger partial charge in [0.05, 0.1) is 4.90 Å². The average molecular weight is 211 g/mol. The van der Waals surface area contributed by atoms with Gasteiger partial charge in [-0.2, -0.15) is 8.42 Å². The molecule has 1 N–H and O–H groups in total. The summed E-state index contributed by atoms with van der Waals surface area (Å²) in [7, 11) is -2.24. The molecule has 74 valence electrons. The van der Waals surface area contributed by atoms with Gasteiger partial charge in [0.15, 0.2) is 0 Å². The number of hydrogen-bond acceptors (Lipinski definition) is 2. The smallest absolute Gasteiger partial charge is 0.294 e. The van der Waals surface area contributed by atoms with Crippen molar-refractivity contribution in [2.24, 2.45) is 7.05 Å². The topological polar surface area (TPSA) is 59.3 Å². The van der Waals surface area contributed by atoms with E-state index in [-0.39, 0.29) is 4.90 Å². The summed E-state index contributed by atoms with van der Waals surface area (Å²) in [5, 5.41) is 1.74. The third-order valence-electron chi connectivity index (χ3n) is 2.04. The highest BCUT2D eigenvalue weighted by Gasteiger charge is 2.09. The molecule has 0 unspecified atom stereocenters. The van der Waals surface area contributed by atoms with Gasteiger partial charge in [-0.05, 0) is 17.5 Å². The van der Waals surface area contributed by atoms with Gasteiger partial charge in [0.2, 0.25) is 0 Å². The van der Waals surface area contributed by atoms with Crippen molar-refractivity contribution < 1.29 is 13.0 Å². The van der Waals surface area contributed by atoms with Gasteiger partial charge in [-0.3, -0.25) is 4.55 Å². The van der Waals surface area contributed by atoms with E-state index in [0.29, 0.717) is 0 Å². The lowest BCUT2D eigenvalue weighted by atomic mass is 10.2. The normalized spacial score (nSPS) is 12.1. The maximum Gasteiger partial charge on any atom is 0.294 e. The summed E-state index contributed by atoms with van der Waals surface area (Å²) in [6.45, 7) is 0. The first-order valence-electron chi connectivity index (χ1n) is 4.00. The lowest BCUT2D eigenvalue weighted by Gasteiger charge is -1.95. The third-order valence-corrected chi connectivity index (χ3v) is 2.89. The predicted octanol–water partition coefficient (Wildman–Crippen LogP) is 1.42. The summed E-state index contributed by atoms with van der Waals surface area (Å²) in [6, 6.07) is 4.50. The maximum absolute atomic E-state index is 10.8. The number of benzene rings is 1. The van der Waals surface area contributed by atoms with Crippen LogP contribution in [-0.2, 0) is 17.2 Å². The van der Waals surface area contributed by atoms with Crippen molar-refractivity contribution in [3.63, 3.8) is 0 Å². The second-order valence-electron chi connectivity index (χ2n) is 3.19. The second kappa shape index (κ2) is 2.83. The van der Waals surface area contributed by atoms with Gasteiger partial charge >= 0.3 is 0 Å². The Morgan fingerprint density at radius 3 is 2.50 bits per heavy atom. The standard InChI is InChI=1S/C9H9NO3S/c1-10-5-7-2-3-9(14(11,12)13)4-8(7)6-10/h2-6H,1H3,(H,11,12,13). The molecule has 14 heavy (non-hydrogen) atoms. The van der Waals surface area contributed by atoms with E-state index in [1.165, 1.54) is 12.1 Å². The number of fused-ring (bicyclic) bond motifs is 1. The molecule has 0 saturated carbocycles. The van der Waals surface area contributed by atoms with Crippen LogP contribution in [0.25, 0.3) is 10.8 Å². The van der Waals surface area contributed by atoms with Crippen LogP contribution in [-0.4, -0.2) is 17.5 Å². The summed E-state index contributed by atoms with van der Waals surface area (Å²) in [4.78, 5) is -0.0730. The Kier molecular flexibility index (Phi) is 1.87. The number of aromatic nitrogens is 1. The Hall–Kier alpha value is -1.33. The molecule has 1 heterocycles. The third kappa shape index (κ3) is 1.51. The molecule has 0 saturated heterocycles. The van der Waals surface area contributed by atoms with Gasteiger partial charge in [0.1, 0.15) is 0 Å². The average Bonchev–Trinajstić information content (AvgIpc) is 2.41. The summed E-state index contributed by atoms with van der Waals surface area (Å²) < 4.78 is 32.3. The van der Waals surface area contributed by atoms with Gasteiger partial charge in [-0.15, -0.1) is 0 Å². The Morgan fingerprint density at radius 2 is 1.86 bits per heavy atom. The summed E-state index contributed by atoms with van der Waals surface area (Å²) in [5.41, 5.74) is 0. The van der Waals surface area contributed by atoms with Crippen LogP contribution in [0.15, 0.2) is 35.5 Å². The van der Waals surface area contributed by atoms with Gasteiger partial charge in [-0.1, -0.05) is 6.07 Å². The van der Waals surface area contributed by atoms with Crippen molar-refractivity contribution in [3.05, 3.63) is 30.6 Å². The first kappa shape index (κ1) is 9.23. The highest BCUT2D eigenvalue weighted by atomic mass is 32.2. The molecule has 1 aromatic carbocycles. The summed E-state index contributed by atoms with van der Waals surface area (Å²) in [6.07, 6.45) is 3.67. The van der Waals surface area contributed by atoms with Crippen molar-refractivity contribution in [1.29, 1.82) is 0 Å². The molecular weight excluding hydrogens is 202 g/mol. The van der Waals surface area contributed by atoms with Crippen molar-refractivity contribution in [2.75, 3.05) is 0 Å². The highest BCUT2D eigenvalue weighted by Crippen LogP contribution is 2.19. The molecule has 4 nitrogen and oxygen atoms in total. The maximum atomic E-state index is 10.8. The molecule has 0 aliphatic heterocycles. The minimum Gasteiger partial charge on any atom is -0.356 e. The SMILES string of the molecule is Cn1cc2ccc(S(=O)(=O)O)cc2c1. The highest BCUT2D eigenvalue weighted by molar-refractivity contribution is 7.85. The van der Waals surface area contributed by atoms with Gasteiger partial charge in [0.25, 0.3) is 10.1 Å². The van der Waals surface area contributed by atoms with E-state index in [0.717, 1.165) is 10.8 Å². The molecule has 0 radical (unpaired) electrons. The summed E-state index contributed by atoms with van der Waals surface area (Å²) >= 11 is 0. The van der Waals surface area contributed by atoms with Crippen molar-refractivity contribution in [2.45, 2.75) is 4.90 Å². The zero-order valence-electron chi connectivity index (χ0n) is 7.51. The lowest BCUT2D eigenvalue weighted by Crippen LogP contribution is -1.96. The fourth-order valence-electron chi connectivity index (χ4n) is 1.42. The van der Waals surface area contributed by atoms with E-state index in [9.17, 15) is 8.42 Å². The molecule has 2 aromatic rings. The number of hydrogen-bond donors (Lipinski definition) is 1. The van der Waals surface area contributed by atoms with Crippen molar-refractivity contribution in [1.82, 2.24) is 4.57 Å². The predicted molar refractivity (Wildman–Crippen MR) is 52.7 cm³/mol. The molecule has 0 fully saturated rings. The first-order chi connectivity index (χ1) is 6.47. The zero-order valence-corrected chi connectivity index (χ0v) is 8.32.